The molecule has 0 unspecified atom stereocenters. The number of fused-ring (bicyclic) bond motifs is 1. The Morgan fingerprint density at radius 3 is 2.91 bits per heavy atom. The van der Waals surface area contributed by atoms with E-state index in [1.807, 2.05) is 0 Å². The second-order valence-electron chi connectivity index (χ2n) is 5.98. The monoisotopic (exact) mass is 300 g/mol. The van der Waals surface area contributed by atoms with E-state index in [4.69, 9.17) is 9.47 Å². The minimum atomic E-state index is 0.493. The third-order valence-corrected chi connectivity index (χ3v) is 4.26. The van der Waals surface area contributed by atoms with Gasteiger partial charge in [0.05, 0.1) is 13.2 Å². The Balaban J connectivity index is 1.34. The van der Waals surface area contributed by atoms with Crippen molar-refractivity contribution in [1.29, 1.82) is 0 Å². The molecule has 0 aliphatic carbocycles. The lowest BCUT2D eigenvalue weighted by molar-refractivity contribution is -0.661. The predicted molar refractivity (Wildman–Crippen MR) is 89.3 cm³/mol. The average Bonchev–Trinajstić information content (AvgIpc) is 3.07. The topological polar surface area (TPSA) is 35.1 Å². The van der Waals surface area contributed by atoms with Gasteiger partial charge in [-0.15, -0.1) is 0 Å². The fourth-order valence-corrected chi connectivity index (χ4v) is 3.03. The van der Waals surface area contributed by atoms with Crippen LogP contribution in [0.4, 0.5) is 0 Å². The minimum absolute atomic E-state index is 0.493. The summed E-state index contributed by atoms with van der Waals surface area (Å²) in [6.07, 6.45) is 5.26. The van der Waals surface area contributed by atoms with E-state index in [0.29, 0.717) is 6.10 Å². The van der Waals surface area contributed by atoms with Crippen LogP contribution < -0.4 is 10.1 Å². The van der Waals surface area contributed by atoms with Crippen molar-refractivity contribution >= 4 is 10.8 Å². The first kappa shape index (κ1) is 15.3. The van der Waals surface area contributed by atoms with Crippen LogP contribution >= 0.6 is 0 Å². The number of quaternary nitrogens is 1. The number of unbranched alkanes of at least 4 members (excludes halogenated alkanes) is 1. The molecule has 118 valence electrons. The van der Waals surface area contributed by atoms with Gasteiger partial charge in [0, 0.05) is 12.0 Å². The highest BCUT2D eigenvalue weighted by molar-refractivity contribution is 5.88. The van der Waals surface area contributed by atoms with Crippen molar-refractivity contribution in [2.24, 2.45) is 0 Å². The van der Waals surface area contributed by atoms with Gasteiger partial charge in [0.25, 0.3) is 0 Å². The maximum atomic E-state index is 5.96. The molecule has 1 atom stereocenters. The van der Waals surface area contributed by atoms with Crippen molar-refractivity contribution in [2.45, 2.75) is 31.8 Å². The molecule has 2 N–H and O–H groups in total. The van der Waals surface area contributed by atoms with Gasteiger partial charge >= 0.3 is 0 Å². The van der Waals surface area contributed by atoms with Gasteiger partial charge in [0.15, 0.2) is 0 Å². The van der Waals surface area contributed by atoms with Crippen LogP contribution in [0.5, 0.6) is 5.75 Å². The van der Waals surface area contributed by atoms with Crippen molar-refractivity contribution < 1.29 is 14.8 Å². The van der Waals surface area contributed by atoms with Gasteiger partial charge in [-0.25, -0.2) is 0 Å². The molecule has 0 spiro atoms. The fourth-order valence-electron chi connectivity index (χ4n) is 3.03. The van der Waals surface area contributed by atoms with Crippen LogP contribution in [0.15, 0.2) is 42.5 Å². The molecular formula is C19H26NO2+. The number of nitrogens with two attached hydrogens (primary N) is 1. The number of benzene rings is 2. The first-order valence-electron chi connectivity index (χ1n) is 8.47. The maximum Gasteiger partial charge on any atom is 0.127 e. The molecule has 0 saturated carbocycles. The third kappa shape index (κ3) is 4.21. The molecular weight excluding hydrogens is 274 g/mol. The maximum absolute atomic E-state index is 5.96. The molecule has 1 aliphatic heterocycles. The molecule has 1 saturated heterocycles. The standard InChI is InChI=1S/C19H25NO2/c1-2-10-18-16(7-1)8-5-11-19(18)22-13-4-3-12-20-15-17-9-6-14-21-17/h1-2,5,7-8,10-11,17,20H,3-4,6,9,12-15H2/p+1/t17-/m0/s1. The highest BCUT2D eigenvalue weighted by atomic mass is 16.5. The molecule has 2 aromatic carbocycles. The Bertz CT molecular complexity index is 573. The molecule has 0 aromatic heterocycles. The molecule has 0 bridgehead atoms. The smallest absolute Gasteiger partial charge is 0.127 e. The SMILES string of the molecule is c1ccc2c(OCCCC[NH2+]C[C@@H]3CCCO3)cccc2c1. The number of hydrogen-bond donors (Lipinski definition) is 1. The van der Waals surface area contributed by atoms with Crippen LogP contribution in [0.1, 0.15) is 25.7 Å². The fraction of sp³-hybridized carbons (Fsp3) is 0.474. The summed E-state index contributed by atoms with van der Waals surface area (Å²) in [5.74, 6) is 1.00. The van der Waals surface area contributed by atoms with Crippen molar-refractivity contribution in [3.8, 4) is 5.75 Å². The van der Waals surface area contributed by atoms with E-state index in [1.165, 1.54) is 36.6 Å². The summed E-state index contributed by atoms with van der Waals surface area (Å²) in [5.41, 5.74) is 0. The lowest BCUT2D eigenvalue weighted by Gasteiger charge is -2.10. The van der Waals surface area contributed by atoms with Gasteiger partial charge in [-0.05, 0) is 37.1 Å². The number of hydrogen-bond acceptors (Lipinski definition) is 2. The van der Waals surface area contributed by atoms with E-state index < -0.39 is 0 Å². The Morgan fingerprint density at radius 1 is 1.09 bits per heavy atom. The van der Waals surface area contributed by atoms with Crippen LogP contribution in [0, 0.1) is 0 Å². The summed E-state index contributed by atoms with van der Waals surface area (Å²) in [7, 11) is 0. The van der Waals surface area contributed by atoms with Gasteiger partial charge in [0.2, 0.25) is 0 Å². The van der Waals surface area contributed by atoms with Crippen molar-refractivity contribution in [1.82, 2.24) is 0 Å². The van der Waals surface area contributed by atoms with Crippen LogP contribution in [0.25, 0.3) is 10.8 Å². The number of ether oxygens (including phenoxy) is 2. The molecule has 1 heterocycles. The quantitative estimate of drug-likeness (QED) is 0.761. The summed E-state index contributed by atoms with van der Waals surface area (Å²) in [5, 5.41) is 4.83. The normalized spacial score (nSPS) is 17.9. The average molecular weight is 300 g/mol. The van der Waals surface area contributed by atoms with Crippen LogP contribution in [0.3, 0.4) is 0 Å². The Labute approximate surface area is 132 Å². The van der Waals surface area contributed by atoms with Crippen LogP contribution in [-0.2, 0) is 4.74 Å². The largest absolute Gasteiger partial charge is 0.493 e. The molecule has 3 heteroatoms. The number of rotatable bonds is 8. The van der Waals surface area contributed by atoms with Gasteiger partial charge in [-0.1, -0.05) is 36.4 Å². The summed E-state index contributed by atoms with van der Waals surface area (Å²) in [6.45, 7) is 4.03. The summed E-state index contributed by atoms with van der Waals surface area (Å²) >= 11 is 0. The molecule has 1 fully saturated rings. The summed E-state index contributed by atoms with van der Waals surface area (Å²) < 4.78 is 11.6. The van der Waals surface area contributed by atoms with E-state index in [1.54, 1.807) is 0 Å². The first-order valence-corrected chi connectivity index (χ1v) is 8.47. The van der Waals surface area contributed by atoms with Crippen molar-refractivity contribution in [3.63, 3.8) is 0 Å². The molecule has 3 rings (SSSR count). The van der Waals surface area contributed by atoms with E-state index in [-0.39, 0.29) is 0 Å². The van der Waals surface area contributed by atoms with E-state index in [2.05, 4.69) is 47.8 Å². The third-order valence-electron chi connectivity index (χ3n) is 4.26. The highest BCUT2D eigenvalue weighted by Gasteiger charge is 2.16. The zero-order valence-corrected chi connectivity index (χ0v) is 13.2. The zero-order valence-electron chi connectivity index (χ0n) is 13.2. The van der Waals surface area contributed by atoms with E-state index in [9.17, 15) is 0 Å². The van der Waals surface area contributed by atoms with Gasteiger partial charge in [-0.2, -0.15) is 0 Å². The lowest BCUT2D eigenvalue weighted by Crippen LogP contribution is -2.86. The molecule has 0 amide bonds. The second-order valence-corrected chi connectivity index (χ2v) is 5.98. The zero-order chi connectivity index (χ0) is 15.0. The lowest BCUT2D eigenvalue weighted by atomic mass is 10.1. The van der Waals surface area contributed by atoms with E-state index in [0.717, 1.165) is 31.9 Å². The van der Waals surface area contributed by atoms with Gasteiger partial charge in [-0.3, -0.25) is 0 Å². The van der Waals surface area contributed by atoms with Crippen LogP contribution in [0.2, 0.25) is 0 Å². The predicted octanol–water partition coefficient (Wildman–Crippen LogP) is 2.74. The highest BCUT2D eigenvalue weighted by Crippen LogP contribution is 2.25. The summed E-state index contributed by atoms with van der Waals surface area (Å²) in [4.78, 5) is 0. The van der Waals surface area contributed by atoms with Gasteiger partial charge < -0.3 is 14.8 Å². The minimum Gasteiger partial charge on any atom is -0.493 e. The molecule has 1 aliphatic rings. The van der Waals surface area contributed by atoms with Crippen molar-refractivity contribution in [2.75, 3.05) is 26.3 Å². The molecule has 22 heavy (non-hydrogen) atoms. The molecule has 2 aromatic rings. The van der Waals surface area contributed by atoms with Crippen molar-refractivity contribution in [3.05, 3.63) is 42.5 Å². The van der Waals surface area contributed by atoms with Crippen LogP contribution in [-0.4, -0.2) is 32.4 Å². The Kier molecular flexibility index (Phi) is 5.68. The molecule has 0 radical (unpaired) electrons. The van der Waals surface area contributed by atoms with Gasteiger partial charge in [0.1, 0.15) is 18.4 Å². The van der Waals surface area contributed by atoms with E-state index >= 15 is 0 Å². The molecule has 3 nitrogen and oxygen atoms in total. The first-order chi connectivity index (χ1) is 10.9. The summed E-state index contributed by atoms with van der Waals surface area (Å²) in [6, 6.07) is 14.6. The second kappa shape index (κ2) is 8.16. The Hall–Kier alpha value is -1.58. The Morgan fingerprint density at radius 2 is 2.00 bits per heavy atom.